The molecule has 1 fully saturated rings. The van der Waals surface area contributed by atoms with Crippen molar-refractivity contribution >= 4 is 5.69 Å². The number of nitrogens with zero attached hydrogens (tertiary/aromatic N) is 1. The lowest BCUT2D eigenvalue weighted by molar-refractivity contribution is 0.0458. The van der Waals surface area contributed by atoms with Crippen molar-refractivity contribution in [3.8, 4) is 5.75 Å². The van der Waals surface area contributed by atoms with Crippen molar-refractivity contribution in [1.82, 2.24) is 0 Å². The van der Waals surface area contributed by atoms with Gasteiger partial charge < -0.3 is 19.5 Å². The normalized spacial score (nSPS) is 18.1. The quantitative estimate of drug-likeness (QED) is 0.900. The lowest BCUT2D eigenvalue weighted by Crippen LogP contribution is -2.37. The van der Waals surface area contributed by atoms with Gasteiger partial charge in [-0.2, -0.15) is 0 Å². The predicted molar refractivity (Wildman–Crippen MR) is 80.5 cm³/mol. The SMILES string of the molecule is CCOC1CCN(c2cccc(OC)c2[C@H](C)O)CC1. The minimum atomic E-state index is -0.536. The molecule has 2 rings (SSSR count). The fraction of sp³-hybridized carbons (Fsp3) is 0.625. The number of piperidine rings is 1. The molecule has 0 aliphatic carbocycles. The van der Waals surface area contributed by atoms with E-state index in [9.17, 15) is 5.11 Å². The zero-order chi connectivity index (χ0) is 14.5. The van der Waals surface area contributed by atoms with Crippen LogP contribution in [0.5, 0.6) is 5.75 Å². The van der Waals surface area contributed by atoms with Gasteiger partial charge in [-0.15, -0.1) is 0 Å². The number of aliphatic hydroxyl groups is 1. The van der Waals surface area contributed by atoms with Crippen molar-refractivity contribution in [3.63, 3.8) is 0 Å². The molecule has 20 heavy (non-hydrogen) atoms. The van der Waals surface area contributed by atoms with E-state index >= 15 is 0 Å². The first-order valence-corrected chi connectivity index (χ1v) is 7.38. The van der Waals surface area contributed by atoms with Crippen LogP contribution in [0.3, 0.4) is 0 Å². The summed E-state index contributed by atoms with van der Waals surface area (Å²) in [6, 6.07) is 5.94. The first-order chi connectivity index (χ1) is 9.67. The van der Waals surface area contributed by atoms with Crippen LogP contribution in [0.4, 0.5) is 5.69 Å². The first-order valence-electron chi connectivity index (χ1n) is 7.38. The van der Waals surface area contributed by atoms with Crippen LogP contribution in [-0.2, 0) is 4.74 Å². The van der Waals surface area contributed by atoms with Gasteiger partial charge in [-0.3, -0.25) is 0 Å². The van der Waals surface area contributed by atoms with Gasteiger partial charge in [-0.1, -0.05) is 6.07 Å². The number of rotatable bonds is 5. The van der Waals surface area contributed by atoms with E-state index in [1.54, 1.807) is 14.0 Å². The molecule has 1 atom stereocenters. The Bertz CT molecular complexity index is 426. The van der Waals surface area contributed by atoms with E-state index in [-0.39, 0.29) is 0 Å². The van der Waals surface area contributed by atoms with Crippen molar-refractivity contribution in [2.45, 2.75) is 38.9 Å². The lowest BCUT2D eigenvalue weighted by Gasteiger charge is -2.35. The van der Waals surface area contributed by atoms with E-state index < -0.39 is 6.10 Å². The highest BCUT2D eigenvalue weighted by atomic mass is 16.5. The molecule has 1 aliphatic rings. The number of methoxy groups -OCH3 is 1. The molecule has 1 aromatic carbocycles. The second-order valence-corrected chi connectivity index (χ2v) is 5.21. The summed E-state index contributed by atoms with van der Waals surface area (Å²) in [6.45, 7) is 6.52. The maximum Gasteiger partial charge on any atom is 0.126 e. The molecule has 0 bridgehead atoms. The van der Waals surface area contributed by atoms with Crippen LogP contribution in [0.1, 0.15) is 38.4 Å². The summed E-state index contributed by atoms with van der Waals surface area (Å²) in [5, 5.41) is 10.1. The van der Waals surface area contributed by atoms with Crippen LogP contribution in [0.2, 0.25) is 0 Å². The minimum absolute atomic E-state index is 0.372. The number of anilines is 1. The van der Waals surface area contributed by atoms with Crippen molar-refractivity contribution in [3.05, 3.63) is 23.8 Å². The van der Waals surface area contributed by atoms with Crippen LogP contribution in [-0.4, -0.2) is 38.0 Å². The van der Waals surface area contributed by atoms with Gasteiger partial charge in [0.15, 0.2) is 0 Å². The third-order valence-corrected chi connectivity index (χ3v) is 3.87. The van der Waals surface area contributed by atoms with E-state index in [1.165, 1.54) is 0 Å². The van der Waals surface area contributed by atoms with Gasteiger partial charge in [-0.05, 0) is 38.8 Å². The molecule has 1 aliphatic heterocycles. The molecule has 0 unspecified atom stereocenters. The smallest absolute Gasteiger partial charge is 0.126 e. The average Bonchev–Trinajstić information content (AvgIpc) is 2.47. The van der Waals surface area contributed by atoms with Crippen molar-refractivity contribution in [1.29, 1.82) is 0 Å². The first kappa shape index (κ1) is 15.1. The Morgan fingerprint density at radius 3 is 2.60 bits per heavy atom. The highest BCUT2D eigenvalue weighted by molar-refractivity contribution is 5.60. The Balaban J connectivity index is 2.17. The van der Waals surface area contributed by atoms with Crippen LogP contribution < -0.4 is 9.64 Å². The highest BCUT2D eigenvalue weighted by Crippen LogP contribution is 2.35. The number of ether oxygens (including phenoxy) is 2. The van der Waals surface area contributed by atoms with Gasteiger partial charge in [0.2, 0.25) is 0 Å². The third-order valence-electron chi connectivity index (χ3n) is 3.87. The van der Waals surface area contributed by atoms with E-state index in [4.69, 9.17) is 9.47 Å². The number of aliphatic hydroxyl groups excluding tert-OH is 1. The fourth-order valence-electron chi connectivity index (χ4n) is 2.91. The summed E-state index contributed by atoms with van der Waals surface area (Å²) in [7, 11) is 1.65. The van der Waals surface area contributed by atoms with E-state index in [1.807, 2.05) is 19.1 Å². The topological polar surface area (TPSA) is 41.9 Å². The van der Waals surface area contributed by atoms with E-state index in [0.717, 1.165) is 49.5 Å². The maximum atomic E-state index is 10.1. The van der Waals surface area contributed by atoms with Gasteiger partial charge in [0.25, 0.3) is 0 Å². The Kier molecular flexibility index (Phi) is 5.26. The van der Waals surface area contributed by atoms with Gasteiger partial charge in [0.1, 0.15) is 5.75 Å². The summed E-state index contributed by atoms with van der Waals surface area (Å²) in [5.41, 5.74) is 1.96. The molecule has 0 aromatic heterocycles. The molecule has 112 valence electrons. The van der Waals surface area contributed by atoms with Crippen LogP contribution >= 0.6 is 0 Å². The minimum Gasteiger partial charge on any atom is -0.496 e. The molecule has 0 amide bonds. The molecule has 0 saturated carbocycles. The van der Waals surface area contributed by atoms with Gasteiger partial charge >= 0.3 is 0 Å². The maximum absolute atomic E-state index is 10.1. The highest BCUT2D eigenvalue weighted by Gasteiger charge is 2.23. The van der Waals surface area contributed by atoms with E-state index in [2.05, 4.69) is 11.0 Å². The van der Waals surface area contributed by atoms with Gasteiger partial charge in [0, 0.05) is 30.9 Å². The Hall–Kier alpha value is -1.26. The zero-order valence-corrected chi connectivity index (χ0v) is 12.6. The number of hydrogen-bond donors (Lipinski definition) is 1. The summed E-state index contributed by atoms with van der Waals surface area (Å²) in [4.78, 5) is 2.32. The summed E-state index contributed by atoms with van der Waals surface area (Å²) in [5.74, 6) is 0.754. The largest absolute Gasteiger partial charge is 0.496 e. The molecule has 0 radical (unpaired) electrons. The Morgan fingerprint density at radius 2 is 2.05 bits per heavy atom. The molecule has 0 spiro atoms. The molecule has 1 heterocycles. The molecule has 4 nitrogen and oxygen atoms in total. The van der Waals surface area contributed by atoms with Crippen LogP contribution in [0.15, 0.2) is 18.2 Å². The van der Waals surface area contributed by atoms with Gasteiger partial charge in [-0.25, -0.2) is 0 Å². The molecular weight excluding hydrogens is 254 g/mol. The number of benzene rings is 1. The molecule has 1 saturated heterocycles. The van der Waals surface area contributed by atoms with Gasteiger partial charge in [0.05, 0.1) is 19.3 Å². The average molecular weight is 279 g/mol. The second kappa shape index (κ2) is 6.95. The summed E-state index contributed by atoms with van der Waals surface area (Å²) >= 11 is 0. The Morgan fingerprint density at radius 1 is 1.35 bits per heavy atom. The van der Waals surface area contributed by atoms with E-state index in [0.29, 0.717) is 6.10 Å². The molecule has 1 aromatic rings. The Labute approximate surface area is 121 Å². The monoisotopic (exact) mass is 279 g/mol. The third kappa shape index (κ3) is 3.25. The molecular formula is C16H25NO3. The van der Waals surface area contributed by atoms with Crippen molar-refractivity contribution < 1.29 is 14.6 Å². The number of hydrogen-bond acceptors (Lipinski definition) is 4. The summed E-state index contributed by atoms with van der Waals surface area (Å²) in [6.07, 6.45) is 1.90. The summed E-state index contributed by atoms with van der Waals surface area (Å²) < 4.78 is 11.1. The molecule has 1 N–H and O–H groups in total. The zero-order valence-electron chi connectivity index (χ0n) is 12.6. The predicted octanol–water partition coefficient (Wildman–Crippen LogP) is 2.75. The lowest BCUT2D eigenvalue weighted by atomic mass is 10.0. The van der Waals surface area contributed by atoms with Crippen molar-refractivity contribution in [2.24, 2.45) is 0 Å². The standard InChI is InChI=1S/C16H25NO3/c1-4-20-13-8-10-17(11-9-13)14-6-5-7-15(19-3)16(14)12(2)18/h5-7,12-13,18H,4,8-11H2,1-3H3/t12-/m0/s1. The van der Waals surface area contributed by atoms with Crippen LogP contribution in [0.25, 0.3) is 0 Å². The fourth-order valence-corrected chi connectivity index (χ4v) is 2.91. The van der Waals surface area contributed by atoms with Crippen LogP contribution in [0, 0.1) is 0 Å². The van der Waals surface area contributed by atoms with Crippen molar-refractivity contribution in [2.75, 3.05) is 31.7 Å². The molecule has 4 heteroatoms. The second-order valence-electron chi connectivity index (χ2n) is 5.21.